The van der Waals surface area contributed by atoms with Crippen LogP contribution in [0, 0.1) is 0 Å². The van der Waals surface area contributed by atoms with E-state index in [0.717, 1.165) is 32.1 Å². The Morgan fingerprint density at radius 3 is 2.03 bits per heavy atom. The molecule has 0 aromatic heterocycles. The number of phosphoric acid groups is 1. The van der Waals surface area contributed by atoms with Gasteiger partial charge in [0.05, 0.1) is 6.61 Å². The summed E-state index contributed by atoms with van der Waals surface area (Å²) in [6.07, 6.45) is 17.5. The van der Waals surface area contributed by atoms with Crippen LogP contribution >= 0.6 is 7.82 Å². The van der Waals surface area contributed by atoms with Crippen molar-refractivity contribution in [1.82, 2.24) is 6.15 Å². The zero-order valence-electron chi connectivity index (χ0n) is 18.2. The molecule has 0 fully saturated rings. The predicted octanol–water partition coefficient (Wildman–Crippen LogP) is 4.39. The van der Waals surface area contributed by atoms with Gasteiger partial charge in [0.2, 0.25) is 0 Å². The van der Waals surface area contributed by atoms with Gasteiger partial charge >= 0.3 is 5.97 Å². The van der Waals surface area contributed by atoms with Crippen molar-refractivity contribution in [3.05, 3.63) is 12.2 Å². The number of carbonyl (C=O) groups excluding carboxylic acids is 1. The third-order valence-electron chi connectivity index (χ3n) is 4.26. The predicted molar refractivity (Wildman–Crippen MR) is 114 cm³/mol. The number of hydrogen-bond acceptors (Lipinski definition) is 6. The van der Waals surface area contributed by atoms with E-state index >= 15 is 0 Å². The van der Waals surface area contributed by atoms with Crippen LogP contribution in [-0.2, 0) is 18.6 Å². The van der Waals surface area contributed by atoms with Crippen LogP contribution in [0.1, 0.15) is 90.4 Å². The third kappa shape index (κ3) is 25.2. The summed E-state index contributed by atoms with van der Waals surface area (Å²) in [4.78, 5) is 30.3. The molecule has 0 saturated carbocycles. The van der Waals surface area contributed by atoms with Gasteiger partial charge in [-0.3, -0.25) is 9.36 Å². The van der Waals surface area contributed by atoms with Gasteiger partial charge in [0.15, 0.2) is 0 Å². The average Bonchev–Trinajstić information content (AvgIpc) is 2.64. The van der Waals surface area contributed by atoms with E-state index in [1.807, 2.05) is 0 Å². The molecule has 6 N–H and O–H groups in total. The van der Waals surface area contributed by atoms with Gasteiger partial charge in [-0.25, -0.2) is 0 Å². The van der Waals surface area contributed by atoms with Crippen molar-refractivity contribution in [2.45, 2.75) is 96.5 Å². The van der Waals surface area contributed by atoms with Crippen LogP contribution in [0.4, 0.5) is 0 Å². The highest BCUT2D eigenvalue weighted by atomic mass is 31.2. The highest BCUT2D eigenvalue weighted by Crippen LogP contribution is 2.30. The van der Waals surface area contributed by atoms with E-state index in [1.54, 1.807) is 0 Å². The number of allylic oxidation sites excluding steroid dienone is 2. The Labute approximate surface area is 175 Å². The molecule has 0 spiro atoms. The topological polar surface area (TPSA) is 153 Å². The highest BCUT2D eigenvalue weighted by Gasteiger charge is 2.12. The van der Waals surface area contributed by atoms with Gasteiger partial charge in [-0.15, -0.1) is 0 Å². The second-order valence-electron chi connectivity index (χ2n) is 7.08. The van der Waals surface area contributed by atoms with Gasteiger partial charge in [-0.05, 0) is 32.1 Å². The Bertz CT molecular complexity index is 454. The molecule has 0 bridgehead atoms. The molecule has 0 aromatic rings. The molecule has 2 atom stereocenters. The molecule has 0 aliphatic rings. The van der Waals surface area contributed by atoms with E-state index in [4.69, 9.17) is 9.63 Å². The quantitative estimate of drug-likeness (QED) is 0.117. The second kappa shape index (κ2) is 20.5. The number of aliphatic hydroxyl groups is 1. The third-order valence-corrected chi connectivity index (χ3v) is 4.73. The fraction of sp³-hybridized carbons (Fsp3) is 0.850. The number of quaternary nitrogens is 1. The van der Waals surface area contributed by atoms with Crippen molar-refractivity contribution >= 4 is 13.8 Å². The normalized spacial score (nSPS) is 14.3. The number of rotatable bonds is 19. The second-order valence-corrected chi connectivity index (χ2v) is 8.28. The summed E-state index contributed by atoms with van der Waals surface area (Å²) in [5.74, 6) is -0.433. The number of ether oxygens (including phenoxy) is 1. The molecule has 0 rings (SSSR count). The van der Waals surface area contributed by atoms with Gasteiger partial charge in [-0.2, -0.15) is 0 Å². The summed E-state index contributed by atoms with van der Waals surface area (Å²) >= 11 is 0. The lowest BCUT2D eigenvalue weighted by molar-refractivity contribution is -0.222. The van der Waals surface area contributed by atoms with E-state index in [9.17, 15) is 19.4 Å². The molecule has 174 valence electrons. The monoisotopic (exact) mass is 439 g/mol. The van der Waals surface area contributed by atoms with Crippen molar-refractivity contribution in [2.75, 3.05) is 13.2 Å². The van der Waals surface area contributed by atoms with Crippen LogP contribution in [0.3, 0.4) is 0 Å². The van der Waals surface area contributed by atoms with Gasteiger partial charge < -0.3 is 30.3 Å². The summed E-state index contributed by atoms with van der Waals surface area (Å²) in [6, 6.07) is 0. The molecule has 0 aliphatic carbocycles. The van der Waals surface area contributed by atoms with Crippen molar-refractivity contribution in [3.63, 3.8) is 0 Å². The minimum Gasteiger partial charge on any atom is -0.756 e. The SMILES string of the molecule is CCCCCC/C=C\CCCCCCCCC(=O)OC[C@@H](O)COP(=O)([O-])O.[NH4+]. The first kappa shape index (κ1) is 30.4. The lowest BCUT2D eigenvalue weighted by Gasteiger charge is -2.18. The number of aliphatic hydroxyl groups excluding tert-OH is 1. The molecule has 0 aromatic carbocycles. The van der Waals surface area contributed by atoms with Crippen molar-refractivity contribution in [3.8, 4) is 0 Å². The van der Waals surface area contributed by atoms with Gasteiger partial charge in [0.25, 0.3) is 7.82 Å². The molecule has 0 amide bonds. The maximum atomic E-state index is 11.5. The van der Waals surface area contributed by atoms with Crippen LogP contribution in [-0.4, -0.2) is 35.3 Å². The smallest absolute Gasteiger partial charge is 0.305 e. The molecule has 0 heterocycles. The molecular formula is C20H42NO7P. The minimum atomic E-state index is -4.87. The first-order chi connectivity index (χ1) is 13.3. The maximum absolute atomic E-state index is 11.5. The molecule has 29 heavy (non-hydrogen) atoms. The first-order valence-electron chi connectivity index (χ1n) is 10.5. The molecule has 1 unspecified atom stereocenters. The number of carbonyl (C=O) groups is 1. The Morgan fingerprint density at radius 2 is 1.48 bits per heavy atom. The van der Waals surface area contributed by atoms with Crippen LogP contribution < -0.4 is 11.0 Å². The van der Waals surface area contributed by atoms with Gasteiger partial charge in [0.1, 0.15) is 12.7 Å². The van der Waals surface area contributed by atoms with Crippen LogP contribution in [0.15, 0.2) is 12.2 Å². The lowest BCUT2D eigenvalue weighted by Crippen LogP contribution is -2.24. The molecule has 0 aliphatic heterocycles. The summed E-state index contributed by atoms with van der Waals surface area (Å²) in [5, 5.41) is 9.38. The first-order valence-corrected chi connectivity index (χ1v) is 12.0. The zero-order valence-corrected chi connectivity index (χ0v) is 19.1. The van der Waals surface area contributed by atoms with E-state index in [0.29, 0.717) is 0 Å². The summed E-state index contributed by atoms with van der Waals surface area (Å²) in [7, 11) is -4.87. The highest BCUT2D eigenvalue weighted by molar-refractivity contribution is 7.44. The van der Waals surface area contributed by atoms with Crippen LogP contribution in [0.5, 0.6) is 0 Å². The van der Waals surface area contributed by atoms with Crippen molar-refractivity contribution in [2.24, 2.45) is 0 Å². The molecule has 0 radical (unpaired) electrons. The van der Waals surface area contributed by atoms with Crippen molar-refractivity contribution in [1.29, 1.82) is 0 Å². The standard InChI is InChI=1S/C20H39O7P.H3N/c1-2-3-4-5-6-7-8-9-10-11-12-13-14-15-16-20(22)26-17-19(21)18-27-28(23,24)25;/h7-8,19,21H,2-6,9-18H2,1H3,(H2,23,24,25);1H3/b8-7-;/t19-;/m1./s1. The van der Waals surface area contributed by atoms with E-state index < -0.39 is 26.5 Å². The number of phosphoric ester groups is 1. The zero-order chi connectivity index (χ0) is 21.1. The van der Waals surface area contributed by atoms with E-state index in [1.165, 1.54) is 44.9 Å². The Hall–Kier alpha value is -0.760. The minimum absolute atomic E-state index is 0. The summed E-state index contributed by atoms with van der Waals surface area (Å²) in [5.41, 5.74) is 0. The maximum Gasteiger partial charge on any atom is 0.305 e. The number of hydrogen-bond donors (Lipinski definition) is 3. The molecule has 9 heteroatoms. The fourth-order valence-corrected chi connectivity index (χ4v) is 3.01. The molecular weight excluding hydrogens is 397 g/mol. The van der Waals surface area contributed by atoms with Crippen LogP contribution in [0.25, 0.3) is 0 Å². The van der Waals surface area contributed by atoms with Crippen molar-refractivity contribution < 1.29 is 33.5 Å². The Kier molecular flexibility index (Phi) is 21.5. The lowest BCUT2D eigenvalue weighted by atomic mass is 10.1. The van der Waals surface area contributed by atoms with Gasteiger partial charge in [0, 0.05) is 6.42 Å². The summed E-state index contributed by atoms with van der Waals surface area (Å²) < 4.78 is 19.2. The number of esters is 1. The van der Waals surface area contributed by atoms with E-state index in [-0.39, 0.29) is 19.2 Å². The number of unbranched alkanes of at least 4 members (excludes halogenated alkanes) is 10. The molecule has 0 saturated heterocycles. The summed E-state index contributed by atoms with van der Waals surface area (Å²) in [6.45, 7) is 1.23. The molecule has 8 nitrogen and oxygen atoms in total. The fourth-order valence-electron chi connectivity index (χ4n) is 2.65. The van der Waals surface area contributed by atoms with Gasteiger partial charge in [-0.1, -0.05) is 64.0 Å². The Balaban J connectivity index is 0. The van der Waals surface area contributed by atoms with Crippen LogP contribution in [0.2, 0.25) is 0 Å². The average molecular weight is 440 g/mol. The van der Waals surface area contributed by atoms with E-state index in [2.05, 4.69) is 23.6 Å². The Morgan fingerprint density at radius 1 is 0.966 bits per heavy atom. The largest absolute Gasteiger partial charge is 0.756 e.